The number of hydrogen-bond acceptors (Lipinski definition) is 2. The molecule has 0 amide bonds. The van der Waals surface area contributed by atoms with Gasteiger partial charge in [-0.2, -0.15) is 0 Å². The van der Waals surface area contributed by atoms with Crippen molar-refractivity contribution in [2.75, 3.05) is 0 Å². The van der Waals surface area contributed by atoms with E-state index in [2.05, 4.69) is 5.32 Å². The summed E-state index contributed by atoms with van der Waals surface area (Å²) in [6.07, 6.45) is 0. The third-order valence-electron chi connectivity index (χ3n) is 5.08. The molecule has 4 aromatic rings. The SMILES string of the molecule is O=C(O)c1c(CNCc2ccc(F)cc2)c2ccccc2n1Cc1ccc(F)cc1. The maximum atomic E-state index is 13.3. The van der Waals surface area contributed by atoms with Crippen LogP contribution in [0, 0.1) is 11.6 Å². The lowest BCUT2D eigenvalue weighted by molar-refractivity contribution is 0.0684. The number of nitrogens with zero attached hydrogens (tertiary/aromatic N) is 1. The average Bonchev–Trinajstić information content (AvgIpc) is 3.05. The number of fused-ring (bicyclic) bond motifs is 1. The second-order valence-corrected chi connectivity index (χ2v) is 7.09. The third-order valence-corrected chi connectivity index (χ3v) is 5.08. The van der Waals surface area contributed by atoms with Crippen LogP contribution in [0.2, 0.25) is 0 Å². The highest BCUT2D eigenvalue weighted by molar-refractivity contribution is 5.98. The average molecular weight is 406 g/mol. The van der Waals surface area contributed by atoms with E-state index in [-0.39, 0.29) is 17.3 Å². The molecule has 2 N–H and O–H groups in total. The Morgan fingerprint density at radius 3 is 2.07 bits per heavy atom. The number of halogens is 2. The van der Waals surface area contributed by atoms with Crippen molar-refractivity contribution >= 4 is 16.9 Å². The van der Waals surface area contributed by atoms with E-state index in [9.17, 15) is 18.7 Å². The van der Waals surface area contributed by atoms with Crippen molar-refractivity contribution in [1.82, 2.24) is 9.88 Å². The van der Waals surface area contributed by atoms with Gasteiger partial charge < -0.3 is 15.0 Å². The van der Waals surface area contributed by atoms with E-state index >= 15 is 0 Å². The van der Waals surface area contributed by atoms with Gasteiger partial charge in [-0.25, -0.2) is 13.6 Å². The molecular weight excluding hydrogens is 386 g/mol. The predicted octanol–water partition coefficient (Wildman–Crippen LogP) is 4.96. The van der Waals surface area contributed by atoms with Crippen molar-refractivity contribution in [3.63, 3.8) is 0 Å². The van der Waals surface area contributed by atoms with Gasteiger partial charge in [0, 0.05) is 36.1 Å². The Balaban J connectivity index is 1.67. The standard InChI is InChI=1S/C24H20F2N2O2/c25-18-9-5-16(6-10-18)13-27-14-21-20-3-1-2-4-22(20)28(23(21)24(29)30)15-17-7-11-19(26)12-8-17/h1-12,27H,13-15H2,(H,29,30). The zero-order chi connectivity index (χ0) is 21.1. The molecule has 1 aromatic heterocycles. The summed E-state index contributed by atoms with van der Waals surface area (Å²) in [6, 6.07) is 19.7. The van der Waals surface area contributed by atoms with Gasteiger partial charge in [-0.1, -0.05) is 42.5 Å². The number of aromatic nitrogens is 1. The maximum absolute atomic E-state index is 13.3. The van der Waals surface area contributed by atoms with Crippen molar-refractivity contribution in [1.29, 1.82) is 0 Å². The van der Waals surface area contributed by atoms with Crippen LogP contribution in [-0.2, 0) is 19.6 Å². The minimum Gasteiger partial charge on any atom is -0.477 e. The number of nitrogens with one attached hydrogen (secondary N) is 1. The minimum atomic E-state index is -1.02. The Bertz CT molecular complexity index is 1180. The predicted molar refractivity (Wildman–Crippen MR) is 111 cm³/mol. The van der Waals surface area contributed by atoms with Crippen LogP contribution in [0.1, 0.15) is 27.2 Å². The molecule has 0 spiro atoms. The first kappa shape index (κ1) is 19.8. The maximum Gasteiger partial charge on any atom is 0.352 e. The van der Waals surface area contributed by atoms with Crippen LogP contribution in [0.5, 0.6) is 0 Å². The van der Waals surface area contributed by atoms with E-state index in [0.29, 0.717) is 25.2 Å². The molecule has 0 bridgehead atoms. The van der Waals surface area contributed by atoms with E-state index < -0.39 is 5.97 Å². The van der Waals surface area contributed by atoms with Gasteiger partial charge in [0.1, 0.15) is 17.3 Å². The van der Waals surface area contributed by atoms with Crippen molar-refractivity contribution < 1.29 is 18.7 Å². The fourth-order valence-electron chi connectivity index (χ4n) is 3.67. The molecule has 3 aromatic carbocycles. The monoisotopic (exact) mass is 406 g/mol. The van der Waals surface area contributed by atoms with Gasteiger partial charge in [0.25, 0.3) is 0 Å². The highest BCUT2D eigenvalue weighted by Gasteiger charge is 2.22. The lowest BCUT2D eigenvalue weighted by Crippen LogP contribution is -2.17. The summed E-state index contributed by atoms with van der Waals surface area (Å²) < 4.78 is 28.1. The molecule has 30 heavy (non-hydrogen) atoms. The Labute approximate surface area is 172 Å². The lowest BCUT2D eigenvalue weighted by atomic mass is 10.1. The second-order valence-electron chi connectivity index (χ2n) is 7.09. The van der Waals surface area contributed by atoms with Crippen molar-refractivity contribution in [3.05, 3.63) is 107 Å². The van der Waals surface area contributed by atoms with Gasteiger partial charge >= 0.3 is 5.97 Å². The van der Waals surface area contributed by atoms with Crippen LogP contribution in [0.4, 0.5) is 8.78 Å². The van der Waals surface area contributed by atoms with Crippen molar-refractivity contribution in [2.45, 2.75) is 19.6 Å². The normalized spacial score (nSPS) is 11.1. The van der Waals surface area contributed by atoms with Gasteiger partial charge in [0.2, 0.25) is 0 Å². The number of rotatable bonds is 7. The minimum absolute atomic E-state index is 0.201. The Kier molecular flexibility index (Phi) is 5.59. The molecule has 152 valence electrons. The highest BCUT2D eigenvalue weighted by Crippen LogP contribution is 2.28. The molecule has 4 rings (SSSR count). The van der Waals surface area contributed by atoms with Gasteiger partial charge in [0.15, 0.2) is 0 Å². The molecule has 4 nitrogen and oxygen atoms in total. The fraction of sp³-hybridized carbons (Fsp3) is 0.125. The van der Waals surface area contributed by atoms with E-state index in [1.54, 1.807) is 28.8 Å². The first-order valence-corrected chi connectivity index (χ1v) is 9.56. The summed E-state index contributed by atoms with van der Waals surface area (Å²) >= 11 is 0. The van der Waals surface area contributed by atoms with Crippen molar-refractivity contribution in [2.24, 2.45) is 0 Å². The Morgan fingerprint density at radius 1 is 0.833 bits per heavy atom. The zero-order valence-corrected chi connectivity index (χ0v) is 16.1. The first-order valence-electron chi connectivity index (χ1n) is 9.56. The molecule has 0 radical (unpaired) electrons. The van der Waals surface area contributed by atoms with Crippen LogP contribution >= 0.6 is 0 Å². The fourth-order valence-corrected chi connectivity index (χ4v) is 3.67. The molecule has 0 atom stereocenters. The molecule has 6 heteroatoms. The first-order chi connectivity index (χ1) is 14.5. The Hall–Kier alpha value is -3.51. The van der Waals surface area contributed by atoms with Crippen LogP contribution in [0.3, 0.4) is 0 Å². The molecule has 0 fully saturated rings. The molecule has 0 aliphatic heterocycles. The second kappa shape index (κ2) is 8.47. The number of carbonyl (C=O) groups is 1. The van der Waals surface area contributed by atoms with Crippen molar-refractivity contribution in [3.8, 4) is 0 Å². The number of aromatic carboxylic acids is 1. The number of carboxylic acids is 1. The molecular formula is C24H20F2N2O2. The van der Waals surface area contributed by atoms with E-state index in [1.807, 2.05) is 24.3 Å². The van der Waals surface area contributed by atoms with Crippen LogP contribution in [-0.4, -0.2) is 15.6 Å². The number of hydrogen-bond donors (Lipinski definition) is 2. The topological polar surface area (TPSA) is 54.3 Å². The molecule has 0 saturated heterocycles. The summed E-state index contributed by atoms with van der Waals surface area (Å²) in [7, 11) is 0. The molecule has 0 unspecified atom stereocenters. The molecule has 0 aliphatic rings. The largest absolute Gasteiger partial charge is 0.477 e. The summed E-state index contributed by atoms with van der Waals surface area (Å²) in [4.78, 5) is 12.2. The van der Waals surface area contributed by atoms with E-state index in [4.69, 9.17) is 0 Å². The van der Waals surface area contributed by atoms with Gasteiger partial charge in [-0.05, 0) is 41.5 Å². The number of para-hydroxylation sites is 1. The number of benzene rings is 3. The third kappa shape index (κ3) is 4.09. The summed E-state index contributed by atoms with van der Waals surface area (Å²) in [5, 5.41) is 14.1. The van der Waals surface area contributed by atoms with E-state index in [1.165, 1.54) is 24.3 Å². The summed E-state index contributed by atoms with van der Waals surface area (Å²) in [6.45, 7) is 1.15. The van der Waals surface area contributed by atoms with Gasteiger partial charge in [-0.3, -0.25) is 0 Å². The van der Waals surface area contributed by atoms with Crippen LogP contribution < -0.4 is 5.32 Å². The van der Waals surface area contributed by atoms with Crippen LogP contribution in [0.15, 0.2) is 72.8 Å². The summed E-state index contributed by atoms with van der Waals surface area (Å²) in [5.41, 5.74) is 3.40. The summed E-state index contributed by atoms with van der Waals surface area (Å²) in [5.74, 6) is -1.65. The number of carboxylic acid groups (broad SMARTS) is 1. The molecule has 1 heterocycles. The van der Waals surface area contributed by atoms with Crippen LogP contribution in [0.25, 0.3) is 10.9 Å². The molecule has 0 saturated carbocycles. The highest BCUT2D eigenvalue weighted by atomic mass is 19.1. The lowest BCUT2D eigenvalue weighted by Gasteiger charge is -2.10. The Morgan fingerprint density at radius 2 is 1.43 bits per heavy atom. The smallest absolute Gasteiger partial charge is 0.352 e. The van der Waals surface area contributed by atoms with Gasteiger partial charge in [-0.15, -0.1) is 0 Å². The molecule has 0 aliphatic carbocycles. The van der Waals surface area contributed by atoms with Gasteiger partial charge in [0.05, 0.1) is 0 Å². The quantitative estimate of drug-likeness (QED) is 0.456. The zero-order valence-electron chi connectivity index (χ0n) is 16.1. The van der Waals surface area contributed by atoms with E-state index in [0.717, 1.165) is 22.0 Å².